The standard InChI is InChI=1S/C24H30N6OS/c1-13(2)19-20(15-6-14(3)22-26-12-27-30(22)9-15)28-17-7-18(32-21(17)19)23(31)29-10-16(25)8-24(4,5)11-29/h6-7,9,12-13,16,28H,8,10-11,25H2,1-5H3/t16-/m0/s1. The molecule has 1 atom stereocenters. The van der Waals surface area contributed by atoms with Crippen LogP contribution in [0.1, 0.15) is 60.8 Å². The summed E-state index contributed by atoms with van der Waals surface area (Å²) in [7, 11) is 0. The topological polar surface area (TPSA) is 92.3 Å². The third-order valence-electron chi connectivity index (χ3n) is 6.32. The van der Waals surface area contributed by atoms with E-state index in [0.717, 1.165) is 50.5 Å². The summed E-state index contributed by atoms with van der Waals surface area (Å²) in [6, 6.07) is 4.18. The van der Waals surface area contributed by atoms with Gasteiger partial charge in [0.25, 0.3) is 5.91 Å². The molecule has 4 aromatic rings. The van der Waals surface area contributed by atoms with Crippen LogP contribution in [-0.2, 0) is 0 Å². The zero-order valence-corrected chi connectivity index (χ0v) is 20.1. The van der Waals surface area contributed by atoms with Crippen LogP contribution in [0.3, 0.4) is 0 Å². The number of nitrogens with one attached hydrogen (secondary N) is 1. The van der Waals surface area contributed by atoms with Crippen LogP contribution in [0.5, 0.6) is 0 Å². The summed E-state index contributed by atoms with van der Waals surface area (Å²) in [5.74, 6) is 0.383. The summed E-state index contributed by atoms with van der Waals surface area (Å²) < 4.78 is 2.97. The van der Waals surface area contributed by atoms with E-state index in [1.165, 1.54) is 5.56 Å². The highest BCUT2D eigenvalue weighted by molar-refractivity contribution is 7.21. The summed E-state index contributed by atoms with van der Waals surface area (Å²) in [5, 5.41) is 4.32. The number of thiophene rings is 1. The van der Waals surface area contributed by atoms with Gasteiger partial charge in [0.05, 0.1) is 20.8 Å². The van der Waals surface area contributed by atoms with Gasteiger partial charge in [-0.15, -0.1) is 11.3 Å². The molecule has 0 saturated carbocycles. The van der Waals surface area contributed by atoms with Crippen LogP contribution in [0.25, 0.3) is 27.1 Å². The maximum atomic E-state index is 13.3. The molecular weight excluding hydrogens is 420 g/mol. The Kier molecular flexibility index (Phi) is 4.90. The lowest BCUT2D eigenvalue weighted by molar-refractivity contribution is 0.0549. The van der Waals surface area contributed by atoms with Crippen molar-refractivity contribution in [3.05, 3.63) is 40.7 Å². The molecule has 5 heterocycles. The summed E-state index contributed by atoms with van der Waals surface area (Å²) in [4.78, 5) is 24.0. The Bertz CT molecular complexity index is 1330. The van der Waals surface area contributed by atoms with Crippen LogP contribution in [0.4, 0.5) is 0 Å². The molecule has 1 aliphatic heterocycles. The van der Waals surface area contributed by atoms with Crippen molar-refractivity contribution in [1.29, 1.82) is 0 Å². The van der Waals surface area contributed by atoms with Crippen molar-refractivity contribution in [2.45, 2.75) is 53.0 Å². The van der Waals surface area contributed by atoms with Gasteiger partial charge in [-0.2, -0.15) is 5.10 Å². The number of aromatic amines is 1. The van der Waals surface area contributed by atoms with E-state index in [4.69, 9.17) is 5.73 Å². The lowest BCUT2D eigenvalue weighted by Crippen LogP contribution is -2.52. The first kappa shape index (κ1) is 21.2. The van der Waals surface area contributed by atoms with E-state index in [-0.39, 0.29) is 17.4 Å². The van der Waals surface area contributed by atoms with Crippen LogP contribution in [-0.4, -0.2) is 49.5 Å². The Morgan fingerprint density at radius 1 is 1.34 bits per heavy atom. The highest BCUT2D eigenvalue weighted by Gasteiger charge is 2.34. The molecule has 0 aromatic carbocycles. The van der Waals surface area contributed by atoms with Gasteiger partial charge in [0.2, 0.25) is 0 Å². The Hall–Kier alpha value is -2.71. The SMILES string of the molecule is Cc1cc(-c2[nH]c3cc(C(=O)N4C[C@@H](N)CC(C)(C)C4)sc3c2C(C)C)cn2ncnc12. The second-order valence-corrected chi connectivity index (χ2v) is 11.2. The second-order valence-electron chi connectivity index (χ2n) is 10.2. The van der Waals surface area contributed by atoms with Crippen LogP contribution < -0.4 is 5.73 Å². The Morgan fingerprint density at radius 3 is 2.84 bits per heavy atom. The maximum absolute atomic E-state index is 13.3. The van der Waals surface area contributed by atoms with Gasteiger partial charge in [0.1, 0.15) is 6.33 Å². The Labute approximate surface area is 191 Å². The fourth-order valence-electron chi connectivity index (χ4n) is 5.13. The van der Waals surface area contributed by atoms with E-state index in [0.29, 0.717) is 12.5 Å². The minimum atomic E-state index is 0.0281. The number of hydrogen-bond donors (Lipinski definition) is 2. The number of aryl methyl sites for hydroxylation is 1. The fourth-order valence-corrected chi connectivity index (χ4v) is 6.41. The number of rotatable bonds is 3. The Morgan fingerprint density at radius 2 is 2.12 bits per heavy atom. The molecule has 1 aliphatic rings. The molecule has 4 aromatic heterocycles. The van der Waals surface area contributed by atoms with Gasteiger partial charge in [-0.3, -0.25) is 4.79 Å². The molecular formula is C24H30N6OS. The molecule has 1 saturated heterocycles. The number of likely N-dealkylation sites (tertiary alicyclic amines) is 1. The van der Waals surface area contributed by atoms with Crippen molar-refractivity contribution in [2.24, 2.45) is 11.1 Å². The summed E-state index contributed by atoms with van der Waals surface area (Å²) >= 11 is 1.58. The van der Waals surface area contributed by atoms with Gasteiger partial charge in [-0.1, -0.05) is 27.7 Å². The third kappa shape index (κ3) is 3.51. The first-order valence-electron chi connectivity index (χ1n) is 11.1. The van der Waals surface area contributed by atoms with Crippen molar-refractivity contribution < 1.29 is 4.79 Å². The lowest BCUT2D eigenvalue weighted by Gasteiger charge is -2.41. The summed E-state index contributed by atoms with van der Waals surface area (Å²) in [5.41, 5.74) is 12.6. The number of carbonyl (C=O) groups excluding carboxylic acids is 1. The number of nitrogens with zero attached hydrogens (tertiary/aromatic N) is 4. The highest BCUT2D eigenvalue weighted by atomic mass is 32.1. The number of carbonyl (C=O) groups is 1. The van der Waals surface area contributed by atoms with E-state index in [9.17, 15) is 4.79 Å². The molecule has 7 nitrogen and oxygen atoms in total. The van der Waals surface area contributed by atoms with E-state index in [1.54, 1.807) is 17.7 Å². The molecule has 0 unspecified atom stereocenters. The van der Waals surface area contributed by atoms with E-state index in [1.807, 2.05) is 21.7 Å². The number of hydrogen-bond acceptors (Lipinski definition) is 5. The second kappa shape index (κ2) is 7.42. The summed E-state index contributed by atoms with van der Waals surface area (Å²) in [6.07, 6.45) is 4.53. The highest BCUT2D eigenvalue weighted by Crippen LogP contribution is 2.41. The monoisotopic (exact) mass is 450 g/mol. The van der Waals surface area contributed by atoms with Gasteiger partial charge in [-0.25, -0.2) is 9.50 Å². The normalized spacial score (nSPS) is 18.8. The number of pyridine rings is 1. The predicted octanol–water partition coefficient (Wildman–Crippen LogP) is 4.57. The zero-order chi connectivity index (χ0) is 22.8. The molecule has 0 spiro atoms. The molecule has 32 heavy (non-hydrogen) atoms. The molecule has 168 valence electrons. The number of piperidine rings is 1. The zero-order valence-electron chi connectivity index (χ0n) is 19.3. The average molecular weight is 451 g/mol. The number of amides is 1. The molecule has 8 heteroatoms. The Balaban J connectivity index is 1.56. The average Bonchev–Trinajstić information content (AvgIpc) is 3.39. The van der Waals surface area contributed by atoms with Crippen molar-refractivity contribution in [3.8, 4) is 11.3 Å². The lowest BCUT2D eigenvalue weighted by atomic mass is 9.82. The number of H-pyrrole nitrogens is 1. The van der Waals surface area contributed by atoms with E-state index < -0.39 is 0 Å². The molecule has 1 fully saturated rings. The van der Waals surface area contributed by atoms with Crippen molar-refractivity contribution >= 4 is 33.1 Å². The van der Waals surface area contributed by atoms with Crippen LogP contribution in [0, 0.1) is 12.3 Å². The summed E-state index contributed by atoms with van der Waals surface area (Å²) in [6.45, 7) is 12.2. The van der Waals surface area contributed by atoms with Gasteiger partial charge in [-0.05, 0) is 47.9 Å². The third-order valence-corrected chi connectivity index (χ3v) is 7.47. The quantitative estimate of drug-likeness (QED) is 0.478. The molecule has 1 amide bonds. The van der Waals surface area contributed by atoms with Crippen LogP contribution in [0.2, 0.25) is 0 Å². The predicted molar refractivity (Wildman–Crippen MR) is 129 cm³/mol. The molecule has 0 bridgehead atoms. The molecule has 0 aliphatic carbocycles. The van der Waals surface area contributed by atoms with Crippen molar-refractivity contribution in [3.63, 3.8) is 0 Å². The number of nitrogens with two attached hydrogens (primary N) is 1. The van der Waals surface area contributed by atoms with Crippen molar-refractivity contribution in [2.75, 3.05) is 13.1 Å². The van der Waals surface area contributed by atoms with Crippen LogP contribution >= 0.6 is 11.3 Å². The maximum Gasteiger partial charge on any atom is 0.264 e. The fraction of sp³-hybridized carbons (Fsp3) is 0.458. The molecule has 3 N–H and O–H groups in total. The van der Waals surface area contributed by atoms with Gasteiger partial charge >= 0.3 is 0 Å². The molecule has 5 rings (SSSR count). The minimum absolute atomic E-state index is 0.0281. The molecule has 0 radical (unpaired) electrons. The van der Waals surface area contributed by atoms with Crippen LogP contribution in [0.15, 0.2) is 24.7 Å². The number of fused-ring (bicyclic) bond motifs is 2. The first-order valence-corrected chi connectivity index (χ1v) is 12.0. The van der Waals surface area contributed by atoms with Gasteiger partial charge in [0.15, 0.2) is 5.65 Å². The van der Waals surface area contributed by atoms with Gasteiger partial charge in [0, 0.05) is 30.9 Å². The van der Waals surface area contributed by atoms with E-state index >= 15 is 0 Å². The largest absolute Gasteiger partial charge is 0.354 e. The van der Waals surface area contributed by atoms with E-state index in [2.05, 4.69) is 55.8 Å². The van der Waals surface area contributed by atoms with Crippen molar-refractivity contribution in [1.82, 2.24) is 24.5 Å². The minimum Gasteiger partial charge on any atom is -0.354 e. The number of aromatic nitrogens is 4. The first-order chi connectivity index (χ1) is 15.1. The smallest absolute Gasteiger partial charge is 0.264 e. The van der Waals surface area contributed by atoms with Gasteiger partial charge < -0.3 is 15.6 Å².